The van der Waals surface area contributed by atoms with Crippen LogP contribution in [0.15, 0.2) is 36.4 Å². The van der Waals surface area contributed by atoms with Crippen molar-refractivity contribution in [2.45, 2.75) is 19.0 Å². The Bertz CT molecular complexity index is 788. The van der Waals surface area contributed by atoms with E-state index >= 15 is 0 Å². The van der Waals surface area contributed by atoms with Crippen LogP contribution in [0.3, 0.4) is 0 Å². The van der Waals surface area contributed by atoms with Crippen molar-refractivity contribution in [3.8, 4) is 6.07 Å². The molecule has 124 valence electrons. The molecule has 1 saturated heterocycles. The van der Waals surface area contributed by atoms with Gasteiger partial charge in [0.15, 0.2) is 0 Å². The molecule has 6 heteroatoms. The van der Waals surface area contributed by atoms with Crippen LogP contribution in [0.25, 0.3) is 0 Å². The van der Waals surface area contributed by atoms with E-state index in [0.717, 1.165) is 30.8 Å². The Morgan fingerprint density at radius 1 is 1.25 bits per heavy atom. The molecule has 1 aliphatic rings. The van der Waals surface area contributed by atoms with E-state index in [1.165, 1.54) is 6.07 Å². The fourth-order valence-electron chi connectivity index (χ4n) is 2.88. The summed E-state index contributed by atoms with van der Waals surface area (Å²) in [6.07, 6.45) is 0.977. The second-order valence-electron chi connectivity index (χ2n) is 5.82. The van der Waals surface area contributed by atoms with Crippen molar-refractivity contribution in [1.29, 1.82) is 5.26 Å². The second kappa shape index (κ2) is 7.40. The molecule has 1 atom stereocenters. The molecule has 0 spiro atoms. The summed E-state index contributed by atoms with van der Waals surface area (Å²) < 4.78 is 13.4. The zero-order valence-electron chi connectivity index (χ0n) is 12.9. The first-order chi connectivity index (χ1) is 11.6. The van der Waals surface area contributed by atoms with Crippen LogP contribution in [-0.4, -0.2) is 19.1 Å². The third-order valence-electron chi connectivity index (χ3n) is 4.22. The summed E-state index contributed by atoms with van der Waals surface area (Å²) in [5, 5.41) is 13.7. The third-order valence-corrected chi connectivity index (χ3v) is 4.81. The van der Waals surface area contributed by atoms with Crippen LogP contribution >= 0.6 is 23.2 Å². The minimum absolute atomic E-state index is 0.0804. The summed E-state index contributed by atoms with van der Waals surface area (Å²) in [5.74, 6) is -0.479. The smallest absolute Gasteiger partial charge is 0.141 e. The SMILES string of the molecule is N#Cc1cc(N2CCC(NCc3ccc(Cl)cc3Cl)C2)ccc1F. The number of anilines is 1. The molecule has 2 aromatic carbocycles. The van der Waals surface area contributed by atoms with Crippen molar-refractivity contribution in [2.24, 2.45) is 0 Å². The minimum Gasteiger partial charge on any atom is -0.370 e. The minimum atomic E-state index is -0.479. The zero-order chi connectivity index (χ0) is 17.1. The van der Waals surface area contributed by atoms with Gasteiger partial charge in [-0.1, -0.05) is 29.3 Å². The average Bonchev–Trinajstić information content (AvgIpc) is 3.03. The second-order valence-corrected chi connectivity index (χ2v) is 6.67. The molecule has 3 rings (SSSR count). The molecule has 0 aliphatic carbocycles. The van der Waals surface area contributed by atoms with Crippen LogP contribution < -0.4 is 10.2 Å². The highest BCUT2D eigenvalue weighted by atomic mass is 35.5. The van der Waals surface area contributed by atoms with Gasteiger partial charge in [0, 0.05) is 41.4 Å². The number of nitrogens with one attached hydrogen (secondary N) is 1. The number of nitriles is 1. The van der Waals surface area contributed by atoms with Gasteiger partial charge in [-0.05, 0) is 42.3 Å². The molecule has 24 heavy (non-hydrogen) atoms. The fraction of sp³-hybridized carbons (Fsp3) is 0.278. The van der Waals surface area contributed by atoms with Gasteiger partial charge in [0.1, 0.15) is 11.9 Å². The lowest BCUT2D eigenvalue weighted by atomic mass is 10.2. The molecule has 0 saturated carbocycles. The van der Waals surface area contributed by atoms with Crippen LogP contribution in [0.1, 0.15) is 17.5 Å². The van der Waals surface area contributed by atoms with Crippen LogP contribution in [0.4, 0.5) is 10.1 Å². The first-order valence-electron chi connectivity index (χ1n) is 7.68. The maximum absolute atomic E-state index is 13.4. The van der Waals surface area contributed by atoms with Crippen LogP contribution in [-0.2, 0) is 6.54 Å². The van der Waals surface area contributed by atoms with Gasteiger partial charge in [0.25, 0.3) is 0 Å². The van der Waals surface area contributed by atoms with Gasteiger partial charge in [-0.3, -0.25) is 0 Å². The molecule has 0 radical (unpaired) electrons. The first kappa shape index (κ1) is 17.0. The highest BCUT2D eigenvalue weighted by molar-refractivity contribution is 6.35. The van der Waals surface area contributed by atoms with Gasteiger partial charge in [-0.25, -0.2) is 4.39 Å². The van der Waals surface area contributed by atoms with Gasteiger partial charge >= 0.3 is 0 Å². The highest BCUT2D eigenvalue weighted by Gasteiger charge is 2.23. The Morgan fingerprint density at radius 3 is 2.83 bits per heavy atom. The number of nitrogens with zero attached hydrogens (tertiary/aromatic N) is 2. The average molecular weight is 364 g/mol. The molecule has 2 aromatic rings. The lowest BCUT2D eigenvalue weighted by Gasteiger charge is -2.19. The number of halogens is 3. The quantitative estimate of drug-likeness (QED) is 0.876. The van der Waals surface area contributed by atoms with E-state index in [-0.39, 0.29) is 5.56 Å². The van der Waals surface area contributed by atoms with Crippen molar-refractivity contribution < 1.29 is 4.39 Å². The zero-order valence-corrected chi connectivity index (χ0v) is 14.4. The standard InChI is InChI=1S/C18H16Cl2FN3/c19-14-2-1-12(17(20)8-14)10-23-15-5-6-24(11-15)16-3-4-18(21)13(7-16)9-22/h1-4,7-8,15,23H,5-6,10-11H2. The molecule has 0 amide bonds. The van der Waals surface area contributed by atoms with Crippen LogP contribution in [0, 0.1) is 17.1 Å². The van der Waals surface area contributed by atoms with E-state index in [2.05, 4.69) is 10.2 Å². The Hall–Kier alpha value is -1.80. The number of hydrogen-bond acceptors (Lipinski definition) is 3. The van der Waals surface area contributed by atoms with Gasteiger partial charge in [0.05, 0.1) is 5.56 Å². The van der Waals surface area contributed by atoms with Crippen molar-refractivity contribution in [3.63, 3.8) is 0 Å². The van der Waals surface area contributed by atoms with Crippen molar-refractivity contribution in [3.05, 3.63) is 63.4 Å². The van der Waals surface area contributed by atoms with Gasteiger partial charge in [-0.2, -0.15) is 5.26 Å². The molecular formula is C18H16Cl2FN3. The monoisotopic (exact) mass is 363 g/mol. The summed E-state index contributed by atoms with van der Waals surface area (Å²) in [5.41, 5.74) is 1.96. The van der Waals surface area contributed by atoms with Gasteiger partial charge in [-0.15, -0.1) is 0 Å². The maximum Gasteiger partial charge on any atom is 0.141 e. The van der Waals surface area contributed by atoms with E-state index in [1.54, 1.807) is 18.2 Å². The summed E-state index contributed by atoms with van der Waals surface area (Å²) >= 11 is 12.1. The maximum atomic E-state index is 13.4. The largest absolute Gasteiger partial charge is 0.370 e. The lowest BCUT2D eigenvalue weighted by molar-refractivity contribution is 0.551. The number of rotatable bonds is 4. The van der Waals surface area contributed by atoms with Gasteiger partial charge < -0.3 is 10.2 Å². The van der Waals surface area contributed by atoms with E-state index < -0.39 is 5.82 Å². The Morgan fingerprint density at radius 2 is 2.08 bits per heavy atom. The molecule has 1 N–H and O–H groups in total. The van der Waals surface area contributed by atoms with E-state index in [0.29, 0.717) is 22.6 Å². The first-order valence-corrected chi connectivity index (χ1v) is 8.44. The molecule has 0 aromatic heterocycles. The number of hydrogen-bond donors (Lipinski definition) is 1. The predicted molar refractivity (Wildman–Crippen MR) is 95.0 cm³/mol. The summed E-state index contributed by atoms with van der Waals surface area (Å²) in [6, 6.07) is 12.4. The molecule has 3 nitrogen and oxygen atoms in total. The summed E-state index contributed by atoms with van der Waals surface area (Å²) in [7, 11) is 0. The highest BCUT2D eigenvalue weighted by Crippen LogP contribution is 2.24. The molecule has 0 bridgehead atoms. The summed E-state index contributed by atoms with van der Waals surface area (Å²) in [6.45, 7) is 2.34. The van der Waals surface area contributed by atoms with Crippen molar-refractivity contribution in [2.75, 3.05) is 18.0 Å². The molecule has 1 unspecified atom stereocenters. The normalized spacial score (nSPS) is 17.1. The summed E-state index contributed by atoms with van der Waals surface area (Å²) in [4.78, 5) is 2.15. The van der Waals surface area contributed by atoms with Crippen LogP contribution in [0.2, 0.25) is 10.0 Å². The Labute approximate surface area is 150 Å². The van der Waals surface area contributed by atoms with Crippen molar-refractivity contribution in [1.82, 2.24) is 5.32 Å². The lowest BCUT2D eigenvalue weighted by Crippen LogP contribution is -2.32. The van der Waals surface area contributed by atoms with E-state index in [4.69, 9.17) is 28.5 Å². The predicted octanol–water partition coefficient (Wildman–Crippen LogP) is 4.37. The molecule has 1 heterocycles. The Kier molecular flexibility index (Phi) is 5.25. The van der Waals surface area contributed by atoms with Gasteiger partial charge in [0.2, 0.25) is 0 Å². The van der Waals surface area contributed by atoms with E-state index in [9.17, 15) is 4.39 Å². The Balaban J connectivity index is 1.60. The number of benzene rings is 2. The fourth-order valence-corrected chi connectivity index (χ4v) is 3.35. The van der Waals surface area contributed by atoms with Crippen LogP contribution in [0.5, 0.6) is 0 Å². The molecular weight excluding hydrogens is 348 g/mol. The molecule has 1 fully saturated rings. The van der Waals surface area contributed by atoms with Crippen molar-refractivity contribution >= 4 is 28.9 Å². The topological polar surface area (TPSA) is 39.1 Å². The third kappa shape index (κ3) is 3.81. The molecule has 1 aliphatic heterocycles. The van der Waals surface area contributed by atoms with E-state index in [1.807, 2.05) is 18.2 Å².